The highest BCUT2D eigenvalue weighted by Crippen LogP contribution is 2.25. The Balaban J connectivity index is 0.000000587. The zero-order valence-corrected chi connectivity index (χ0v) is 22.9. The molecule has 3 aromatic carbocycles. The average molecular weight is 574 g/mol. The fourth-order valence-corrected chi connectivity index (χ4v) is 4.83. The van der Waals surface area contributed by atoms with Gasteiger partial charge in [0.2, 0.25) is 5.91 Å². The van der Waals surface area contributed by atoms with Crippen LogP contribution in [0.15, 0.2) is 60.7 Å². The summed E-state index contributed by atoms with van der Waals surface area (Å²) in [5.74, 6) is -3.02. The topological polar surface area (TPSA) is 119 Å². The number of carboxylic acids is 1. The third kappa shape index (κ3) is 8.51. The standard InChI is InChI=1S/C28H33N3O3.C2HF3O2/c1-19-13-14-22(30-28(34)26-12-5-6-15-31(26)16-17-32)18-25(19)27(33)29-20(2)23-11-7-9-21-8-3-4-10-24(21)23;3-2(4,5)1(6)7/h3-4,7-11,13-14,18,20,26,32H,5-6,12,15-17H2,1-2H3,(H,29,33)(H,30,34);(H,6,7)/t20-,26+;/m1./s1. The summed E-state index contributed by atoms with van der Waals surface area (Å²) < 4.78 is 31.7. The van der Waals surface area contributed by atoms with Crippen LogP contribution < -0.4 is 10.6 Å². The lowest BCUT2D eigenvalue weighted by molar-refractivity contribution is -0.192. The van der Waals surface area contributed by atoms with Crippen molar-refractivity contribution in [2.45, 2.75) is 51.4 Å². The lowest BCUT2D eigenvalue weighted by Gasteiger charge is -2.34. The van der Waals surface area contributed by atoms with Gasteiger partial charge in [-0.15, -0.1) is 0 Å². The van der Waals surface area contributed by atoms with Gasteiger partial charge in [0.1, 0.15) is 0 Å². The number of fused-ring (bicyclic) bond motifs is 1. The van der Waals surface area contributed by atoms with E-state index < -0.39 is 12.1 Å². The molecule has 3 aromatic rings. The number of alkyl halides is 3. The number of nitrogens with zero attached hydrogens (tertiary/aromatic N) is 1. The third-order valence-corrected chi connectivity index (χ3v) is 6.93. The first kappa shape index (κ1) is 31.6. The largest absolute Gasteiger partial charge is 0.490 e. The van der Waals surface area contributed by atoms with E-state index >= 15 is 0 Å². The van der Waals surface area contributed by atoms with Crippen LogP contribution in [0.2, 0.25) is 0 Å². The number of likely N-dealkylation sites (tertiary alicyclic amines) is 1. The molecule has 0 aliphatic carbocycles. The normalized spacial score (nSPS) is 16.3. The van der Waals surface area contributed by atoms with E-state index in [1.165, 1.54) is 0 Å². The molecule has 8 nitrogen and oxygen atoms in total. The third-order valence-electron chi connectivity index (χ3n) is 6.93. The van der Waals surface area contributed by atoms with Crippen LogP contribution in [0, 0.1) is 6.92 Å². The Morgan fingerprint density at radius 3 is 2.41 bits per heavy atom. The fourth-order valence-electron chi connectivity index (χ4n) is 4.83. The van der Waals surface area contributed by atoms with Gasteiger partial charge >= 0.3 is 12.1 Å². The SMILES string of the molecule is Cc1ccc(NC(=O)[C@@H]2CCCCN2CCO)cc1C(=O)N[C@H](C)c1cccc2ccccc12.O=C(O)C(F)(F)F. The van der Waals surface area contributed by atoms with Gasteiger partial charge < -0.3 is 20.8 Å². The monoisotopic (exact) mass is 573 g/mol. The van der Waals surface area contributed by atoms with Crippen molar-refractivity contribution in [3.8, 4) is 0 Å². The summed E-state index contributed by atoms with van der Waals surface area (Å²) in [6.07, 6.45) is -2.28. The molecular weight excluding hydrogens is 539 g/mol. The maximum Gasteiger partial charge on any atom is 0.490 e. The molecule has 1 aliphatic heterocycles. The number of β-amino-alcohol motifs (C(OH)–C–C–N with tert-alkyl or cyclic N) is 1. The van der Waals surface area contributed by atoms with Crippen molar-refractivity contribution in [3.05, 3.63) is 77.4 Å². The van der Waals surface area contributed by atoms with Gasteiger partial charge in [-0.2, -0.15) is 13.2 Å². The molecule has 4 rings (SSSR count). The van der Waals surface area contributed by atoms with Gasteiger partial charge in [0.25, 0.3) is 5.91 Å². The number of hydrogen-bond acceptors (Lipinski definition) is 5. The van der Waals surface area contributed by atoms with Crippen molar-refractivity contribution in [1.82, 2.24) is 10.2 Å². The predicted molar refractivity (Wildman–Crippen MR) is 150 cm³/mol. The Hall–Kier alpha value is -3.96. The minimum Gasteiger partial charge on any atom is -0.475 e. The van der Waals surface area contributed by atoms with Crippen molar-refractivity contribution in [2.75, 3.05) is 25.0 Å². The second-order valence-electron chi connectivity index (χ2n) is 9.86. The Labute approximate surface area is 236 Å². The molecule has 0 spiro atoms. The van der Waals surface area contributed by atoms with Crippen LogP contribution in [-0.2, 0) is 9.59 Å². The van der Waals surface area contributed by atoms with Crippen LogP contribution in [0.5, 0.6) is 0 Å². The molecule has 220 valence electrons. The number of aliphatic hydroxyl groups is 1. The van der Waals surface area contributed by atoms with Gasteiger partial charge in [0.05, 0.1) is 18.7 Å². The van der Waals surface area contributed by atoms with Crippen molar-refractivity contribution in [2.24, 2.45) is 0 Å². The van der Waals surface area contributed by atoms with E-state index in [9.17, 15) is 27.9 Å². The number of amides is 2. The highest BCUT2D eigenvalue weighted by Gasteiger charge is 2.38. The zero-order valence-electron chi connectivity index (χ0n) is 22.9. The van der Waals surface area contributed by atoms with Gasteiger partial charge in [-0.05, 0) is 67.3 Å². The smallest absolute Gasteiger partial charge is 0.475 e. The number of nitrogens with one attached hydrogen (secondary N) is 2. The van der Waals surface area contributed by atoms with Crippen LogP contribution >= 0.6 is 0 Å². The Kier molecular flexibility index (Phi) is 10.8. The van der Waals surface area contributed by atoms with Crippen molar-refractivity contribution in [1.29, 1.82) is 0 Å². The van der Waals surface area contributed by atoms with Gasteiger partial charge in [-0.3, -0.25) is 14.5 Å². The number of carbonyl (C=O) groups is 3. The van der Waals surface area contributed by atoms with E-state index in [2.05, 4.69) is 28.8 Å². The predicted octanol–water partition coefficient (Wildman–Crippen LogP) is 5.06. The van der Waals surface area contributed by atoms with Gasteiger partial charge in [0.15, 0.2) is 0 Å². The maximum atomic E-state index is 13.2. The lowest BCUT2D eigenvalue weighted by atomic mass is 9.99. The number of aliphatic carboxylic acids is 1. The summed E-state index contributed by atoms with van der Waals surface area (Å²) in [5.41, 5.74) is 3.06. The van der Waals surface area contributed by atoms with Crippen LogP contribution in [0.25, 0.3) is 10.8 Å². The first-order valence-electron chi connectivity index (χ1n) is 13.3. The van der Waals surface area contributed by atoms with Crippen LogP contribution in [0.4, 0.5) is 18.9 Å². The van der Waals surface area contributed by atoms with Crippen LogP contribution in [0.3, 0.4) is 0 Å². The van der Waals surface area contributed by atoms with E-state index in [1.807, 2.05) is 55.1 Å². The number of carboxylic acid groups (broad SMARTS) is 1. The van der Waals surface area contributed by atoms with E-state index in [1.54, 1.807) is 6.07 Å². The number of hydrogen-bond donors (Lipinski definition) is 4. The van der Waals surface area contributed by atoms with Crippen molar-refractivity contribution in [3.63, 3.8) is 0 Å². The van der Waals surface area contributed by atoms with E-state index in [0.717, 1.165) is 47.7 Å². The molecule has 0 radical (unpaired) electrons. The van der Waals surface area contributed by atoms with E-state index in [4.69, 9.17) is 9.90 Å². The molecule has 0 unspecified atom stereocenters. The van der Waals surface area contributed by atoms with Gasteiger partial charge in [-0.25, -0.2) is 4.79 Å². The van der Waals surface area contributed by atoms with Gasteiger partial charge in [-0.1, -0.05) is 55.0 Å². The molecule has 0 bridgehead atoms. The lowest BCUT2D eigenvalue weighted by Crippen LogP contribution is -2.48. The number of carbonyl (C=O) groups excluding carboxylic acids is 2. The second-order valence-corrected chi connectivity index (χ2v) is 9.86. The molecule has 1 aliphatic rings. The molecule has 0 saturated carbocycles. The Morgan fingerprint density at radius 1 is 1.05 bits per heavy atom. The van der Waals surface area contributed by atoms with E-state index in [0.29, 0.717) is 17.8 Å². The minimum absolute atomic E-state index is 0.0352. The van der Waals surface area contributed by atoms with E-state index in [-0.39, 0.29) is 30.5 Å². The molecule has 0 aromatic heterocycles. The number of benzene rings is 3. The summed E-state index contributed by atoms with van der Waals surface area (Å²) in [7, 11) is 0. The van der Waals surface area contributed by atoms with Crippen molar-refractivity contribution < 1.29 is 37.8 Å². The zero-order chi connectivity index (χ0) is 30.2. The molecule has 2 atom stereocenters. The summed E-state index contributed by atoms with van der Waals surface area (Å²) in [4.78, 5) is 37.1. The highest BCUT2D eigenvalue weighted by molar-refractivity contribution is 6.00. The number of piperidine rings is 1. The number of aliphatic hydroxyl groups excluding tert-OH is 1. The van der Waals surface area contributed by atoms with Crippen molar-refractivity contribution >= 4 is 34.2 Å². The summed E-state index contributed by atoms with van der Waals surface area (Å²) in [5, 5.41) is 24.8. The number of halogens is 3. The second kappa shape index (κ2) is 14.1. The number of anilines is 1. The average Bonchev–Trinajstić information content (AvgIpc) is 2.94. The molecule has 2 amide bonds. The molecule has 11 heteroatoms. The summed E-state index contributed by atoms with van der Waals surface area (Å²) in [6.45, 7) is 5.22. The molecule has 1 heterocycles. The maximum absolute atomic E-state index is 13.2. The molecule has 1 fully saturated rings. The van der Waals surface area contributed by atoms with Gasteiger partial charge in [0, 0.05) is 17.8 Å². The molecule has 4 N–H and O–H groups in total. The summed E-state index contributed by atoms with van der Waals surface area (Å²) >= 11 is 0. The number of aryl methyl sites for hydroxylation is 1. The summed E-state index contributed by atoms with van der Waals surface area (Å²) in [6, 6.07) is 19.3. The first-order chi connectivity index (χ1) is 19.4. The fraction of sp³-hybridized carbons (Fsp3) is 0.367. The van der Waals surface area contributed by atoms with Crippen LogP contribution in [0.1, 0.15) is 53.7 Å². The first-order valence-corrected chi connectivity index (χ1v) is 13.3. The molecular formula is C30H34F3N3O5. The Bertz CT molecular complexity index is 1370. The minimum atomic E-state index is -5.08. The number of rotatable bonds is 7. The van der Waals surface area contributed by atoms with Crippen LogP contribution in [-0.4, -0.2) is 64.8 Å². The highest BCUT2D eigenvalue weighted by atomic mass is 19.4. The molecule has 1 saturated heterocycles. The quantitative estimate of drug-likeness (QED) is 0.314. The Morgan fingerprint density at radius 2 is 1.73 bits per heavy atom. The molecule has 41 heavy (non-hydrogen) atoms.